The summed E-state index contributed by atoms with van der Waals surface area (Å²) in [5.74, 6) is 1.42. The van der Waals surface area contributed by atoms with Crippen molar-refractivity contribution in [2.24, 2.45) is 5.92 Å². The molecular weight excluding hydrogens is 290 g/mol. The molecule has 1 saturated carbocycles. The Kier molecular flexibility index (Phi) is 4.63. The fourth-order valence-electron chi connectivity index (χ4n) is 2.55. The molecule has 0 radical (unpaired) electrons. The first kappa shape index (κ1) is 15.6. The van der Waals surface area contributed by atoms with Crippen molar-refractivity contribution >= 4 is 5.91 Å². The second-order valence-electron chi connectivity index (χ2n) is 6.00. The molecule has 2 aromatic rings. The van der Waals surface area contributed by atoms with E-state index in [4.69, 9.17) is 4.74 Å². The Labute approximate surface area is 136 Å². The van der Waals surface area contributed by atoms with Crippen molar-refractivity contribution in [1.29, 1.82) is 0 Å². The van der Waals surface area contributed by atoms with Crippen LogP contribution in [0.3, 0.4) is 0 Å². The van der Waals surface area contributed by atoms with Crippen LogP contribution in [0.1, 0.15) is 23.2 Å². The van der Waals surface area contributed by atoms with Crippen LogP contribution in [0.25, 0.3) is 0 Å². The van der Waals surface area contributed by atoms with Crippen LogP contribution in [0, 0.1) is 5.92 Å². The molecule has 2 aromatic carbocycles. The number of hydrogen-bond donors (Lipinski definition) is 1. The molecule has 3 rings (SSSR count). The van der Waals surface area contributed by atoms with Gasteiger partial charge in [0, 0.05) is 13.6 Å². The van der Waals surface area contributed by atoms with Gasteiger partial charge in [0.15, 0.2) is 0 Å². The Morgan fingerprint density at radius 3 is 2.52 bits per heavy atom. The lowest BCUT2D eigenvalue weighted by atomic mass is 10.1. The molecular formula is C19H21NO3. The van der Waals surface area contributed by atoms with Crippen molar-refractivity contribution in [3.05, 3.63) is 60.2 Å². The number of para-hydroxylation sites is 2. The third-order valence-electron chi connectivity index (χ3n) is 4.06. The Morgan fingerprint density at radius 2 is 1.83 bits per heavy atom. The Hall–Kier alpha value is -2.33. The number of rotatable bonds is 6. The smallest absolute Gasteiger partial charge is 0.257 e. The normalized spacial score (nSPS) is 15.0. The molecule has 4 nitrogen and oxygen atoms in total. The van der Waals surface area contributed by atoms with Crippen LogP contribution in [0.4, 0.5) is 0 Å². The number of amides is 1. The highest BCUT2D eigenvalue weighted by Gasteiger charge is 2.31. The molecule has 4 heteroatoms. The summed E-state index contributed by atoms with van der Waals surface area (Å²) in [6.45, 7) is 0.350. The maximum atomic E-state index is 12.7. The van der Waals surface area contributed by atoms with E-state index in [2.05, 4.69) is 0 Å². The van der Waals surface area contributed by atoms with E-state index in [1.807, 2.05) is 42.5 Å². The van der Waals surface area contributed by atoms with Gasteiger partial charge in [0.05, 0.1) is 11.7 Å². The predicted octanol–water partition coefficient (Wildman–Crippen LogP) is 3.32. The van der Waals surface area contributed by atoms with Crippen LogP contribution in [0.15, 0.2) is 54.6 Å². The van der Waals surface area contributed by atoms with Crippen LogP contribution in [0.5, 0.6) is 11.5 Å². The molecule has 23 heavy (non-hydrogen) atoms. The zero-order valence-electron chi connectivity index (χ0n) is 13.2. The SMILES string of the molecule is CN(CC(O)C1CC1)C(=O)c1ccccc1Oc1ccccc1. The van der Waals surface area contributed by atoms with Gasteiger partial charge in [-0.1, -0.05) is 30.3 Å². The number of hydrogen-bond acceptors (Lipinski definition) is 3. The van der Waals surface area contributed by atoms with Gasteiger partial charge in [-0.15, -0.1) is 0 Å². The van der Waals surface area contributed by atoms with Crippen molar-refractivity contribution in [3.63, 3.8) is 0 Å². The highest BCUT2D eigenvalue weighted by atomic mass is 16.5. The first-order valence-electron chi connectivity index (χ1n) is 7.90. The number of aliphatic hydroxyl groups excluding tert-OH is 1. The van der Waals surface area contributed by atoms with Crippen LogP contribution in [-0.4, -0.2) is 35.6 Å². The maximum absolute atomic E-state index is 12.7. The fourth-order valence-corrected chi connectivity index (χ4v) is 2.55. The molecule has 1 atom stereocenters. The van der Waals surface area contributed by atoms with Gasteiger partial charge in [0.1, 0.15) is 11.5 Å². The lowest BCUT2D eigenvalue weighted by Gasteiger charge is -2.22. The van der Waals surface area contributed by atoms with Gasteiger partial charge in [-0.25, -0.2) is 0 Å². The van der Waals surface area contributed by atoms with Crippen molar-refractivity contribution in [2.45, 2.75) is 18.9 Å². The van der Waals surface area contributed by atoms with E-state index < -0.39 is 6.10 Å². The van der Waals surface area contributed by atoms with Gasteiger partial charge >= 0.3 is 0 Å². The van der Waals surface area contributed by atoms with Crippen molar-refractivity contribution < 1.29 is 14.6 Å². The minimum absolute atomic E-state index is 0.142. The Balaban J connectivity index is 1.74. The molecule has 1 aliphatic rings. The van der Waals surface area contributed by atoms with Crippen LogP contribution >= 0.6 is 0 Å². The van der Waals surface area contributed by atoms with Gasteiger partial charge in [0.2, 0.25) is 0 Å². The number of benzene rings is 2. The summed E-state index contributed by atoms with van der Waals surface area (Å²) in [5, 5.41) is 10.0. The molecule has 1 N–H and O–H groups in total. The third kappa shape index (κ3) is 3.90. The van der Waals surface area contributed by atoms with Crippen molar-refractivity contribution in [2.75, 3.05) is 13.6 Å². The summed E-state index contributed by atoms with van der Waals surface area (Å²) < 4.78 is 5.84. The van der Waals surface area contributed by atoms with Gasteiger partial charge in [-0.2, -0.15) is 0 Å². The van der Waals surface area contributed by atoms with E-state index in [-0.39, 0.29) is 5.91 Å². The van der Waals surface area contributed by atoms with Crippen LogP contribution < -0.4 is 4.74 Å². The molecule has 0 aliphatic heterocycles. The van der Waals surface area contributed by atoms with Crippen molar-refractivity contribution in [1.82, 2.24) is 4.90 Å². The fraction of sp³-hybridized carbons (Fsp3) is 0.316. The standard InChI is InChI=1S/C19H21NO3/c1-20(13-17(21)14-11-12-14)19(22)16-9-5-6-10-18(16)23-15-7-3-2-4-8-15/h2-10,14,17,21H,11-13H2,1H3. The second kappa shape index (κ2) is 6.84. The summed E-state index contributed by atoms with van der Waals surface area (Å²) in [6.07, 6.45) is 1.67. The third-order valence-corrected chi connectivity index (χ3v) is 4.06. The molecule has 0 spiro atoms. The summed E-state index contributed by atoms with van der Waals surface area (Å²) in [4.78, 5) is 14.2. The monoisotopic (exact) mass is 311 g/mol. The summed E-state index contributed by atoms with van der Waals surface area (Å²) in [6, 6.07) is 16.6. The lowest BCUT2D eigenvalue weighted by molar-refractivity contribution is 0.0643. The Morgan fingerprint density at radius 1 is 1.17 bits per heavy atom. The van der Waals surface area contributed by atoms with E-state index in [9.17, 15) is 9.90 Å². The zero-order chi connectivity index (χ0) is 16.2. The largest absolute Gasteiger partial charge is 0.457 e. The minimum atomic E-state index is -0.439. The Bertz CT molecular complexity index is 667. The molecule has 1 aliphatic carbocycles. The predicted molar refractivity (Wildman–Crippen MR) is 88.6 cm³/mol. The number of likely N-dealkylation sites (N-methyl/N-ethyl adjacent to an activating group) is 1. The lowest BCUT2D eigenvalue weighted by Crippen LogP contribution is -2.35. The van der Waals surface area contributed by atoms with Crippen molar-refractivity contribution in [3.8, 4) is 11.5 Å². The first-order valence-corrected chi connectivity index (χ1v) is 7.90. The summed E-state index contributed by atoms with van der Waals surface area (Å²) >= 11 is 0. The second-order valence-corrected chi connectivity index (χ2v) is 6.00. The molecule has 1 unspecified atom stereocenters. The van der Waals surface area contributed by atoms with Gasteiger partial charge < -0.3 is 14.7 Å². The van der Waals surface area contributed by atoms with E-state index >= 15 is 0 Å². The number of aliphatic hydroxyl groups is 1. The number of ether oxygens (including phenoxy) is 1. The highest BCUT2D eigenvalue weighted by molar-refractivity contribution is 5.96. The first-order chi connectivity index (χ1) is 11.1. The molecule has 0 bridgehead atoms. The average molecular weight is 311 g/mol. The molecule has 0 saturated heterocycles. The minimum Gasteiger partial charge on any atom is -0.457 e. The highest BCUT2D eigenvalue weighted by Crippen LogP contribution is 2.33. The van der Waals surface area contributed by atoms with E-state index in [0.29, 0.717) is 29.5 Å². The van der Waals surface area contributed by atoms with Gasteiger partial charge in [-0.3, -0.25) is 4.79 Å². The molecule has 0 aromatic heterocycles. The van der Waals surface area contributed by atoms with E-state index in [1.54, 1.807) is 24.1 Å². The van der Waals surface area contributed by atoms with E-state index in [1.165, 1.54) is 0 Å². The topological polar surface area (TPSA) is 49.8 Å². The number of nitrogens with zero attached hydrogens (tertiary/aromatic N) is 1. The molecule has 1 fully saturated rings. The zero-order valence-corrected chi connectivity index (χ0v) is 13.2. The quantitative estimate of drug-likeness (QED) is 0.890. The van der Waals surface area contributed by atoms with Gasteiger partial charge in [-0.05, 0) is 43.0 Å². The number of carbonyl (C=O) groups excluding carboxylic acids is 1. The van der Waals surface area contributed by atoms with Crippen LogP contribution in [-0.2, 0) is 0 Å². The molecule has 0 heterocycles. The molecule has 120 valence electrons. The summed E-state index contributed by atoms with van der Waals surface area (Å²) in [5.41, 5.74) is 0.502. The van der Waals surface area contributed by atoms with Gasteiger partial charge in [0.25, 0.3) is 5.91 Å². The van der Waals surface area contributed by atoms with Crippen LogP contribution in [0.2, 0.25) is 0 Å². The number of carbonyl (C=O) groups is 1. The maximum Gasteiger partial charge on any atom is 0.257 e. The molecule has 1 amide bonds. The summed E-state index contributed by atoms with van der Waals surface area (Å²) in [7, 11) is 1.72. The average Bonchev–Trinajstić information content (AvgIpc) is 3.40. The van der Waals surface area contributed by atoms with E-state index in [0.717, 1.165) is 12.8 Å².